The van der Waals surface area contributed by atoms with E-state index >= 15 is 0 Å². The lowest BCUT2D eigenvalue weighted by Crippen LogP contribution is -2.36. The number of likely N-dealkylation sites (tertiary alicyclic amines) is 1. The maximum absolute atomic E-state index is 12.2. The van der Waals surface area contributed by atoms with Gasteiger partial charge in [-0.25, -0.2) is 9.67 Å². The number of morpholine rings is 1. The molecular weight excluding hydrogens is 484 g/mol. The van der Waals surface area contributed by atoms with Crippen molar-refractivity contribution in [3.8, 4) is 11.6 Å². The van der Waals surface area contributed by atoms with Gasteiger partial charge in [0.25, 0.3) is 0 Å². The van der Waals surface area contributed by atoms with E-state index in [0.717, 1.165) is 36.7 Å². The number of methoxy groups -OCH3 is 1. The molecule has 0 spiro atoms. The van der Waals surface area contributed by atoms with Crippen LogP contribution in [0.1, 0.15) is 23.4 Å². The molecule has 0 unspecified atom stereocenters. The van der Waals surface area contributed by atoms with Crippen molar-refractivity contribution < 1.29 is 14.3 Å². The zero-order chi connectivity index (χ0) is 26.6. The van der Waals surface area contributed by atoms with Crippen LogP contribution in [-0.4, -0.2) is 77.1 Å². The van der Waals surface area contributed by atoms with Gasteiger partial charge in [0.15, 0.2) is 5.82 Å². The zero-order valence-electron chi connectivity index (χ0n) is 22.2. The fourth-order valence-corrected chi connectivity index (χ4v) is 4.72. The van der Waals surface area contributed by atoms with Crippen molar-refractivity contribution in [2.24, 2.45) is 0 Å². The van der Waals surface area contributed by atoms with Gasteiger partial charge in [0.1, 0.15) is 5.75 Å². The molecule has 2 saturated heterocycles. The minimum atomic E-state index is -0.299. The van der Waals surface area contributed by atoms with Gasteiger partial charge < -0.3 is 25.0 Å². The third-order valence-corrected chi connectivity index (χ3v) is 6.99. The molecule has 11 nitrogen and oxygen atoms in total. The zero-order valence-corrected chi connectivity index (χ0v) is 22.2. The number of aryl methyl sites for hydroxylation is 1. The molecule has 0 radical (unpaired) electrons. The molecule has 0 atom stereocenters. The highest BCUT2D eigenvalue weighted by Gasteiger charge is 2.22. The molecule has 11 heteroatoms. The van der Waals surface area contributed by atoms with Crippen LogP contribution < -0.4 is 20.3 Å². The molecule has 5 rings (SSSR count). The molecule has 38 heavy (non-hydrogen) atoms. The van der Waals surface area contributed by atoms with E-state index in [0.29, 0.717) is 55.2 Å². The lowest BCUT2D eigenvalue weighted by Gasteiger charge is -2.31. The van der Waals surface area contributed by atoms with Gasteiger partial charge in [-0.3, -0.25) is 9.69 Å². The molecule has 0 bridgehead atoms. The number of benzene rings is 1. The predicted octanol–water partition coefficient (Wildman–Crippen LogP) is 3.20. The molecule has 200 valence electrons. The maximum Gasteiger partial charge on any atom is 0.247 e. The van der Waals surface area contributed by atoms with Crippen molar-refractivity contribution in [1.82, 2.24) is 24.6 Å². The second kappa shape index (κ2) is 11.2. The molecule has 2 fully saturated rings. The van der Waals surface area contributed by atoms with Gasteiger partial charge >= 0.3 is 0 Å². The number of amides is 1. The number of hydrogen-bond donors (Lipinski definition) is 2. The number of nitrogens with one attached hydrogen (secondary N) is 2. The summed E-state index contributed by atoms with van der Waals surface area (Å²) in [5.74, 6) is 1.35. The maximum atomic E-state index is 12.2. The van der Waals surface area contributed by atoms with Crippen LogP contribution in [0.2, 0.25) is 0 Å². The van der Waals surface area contributed by atoms with Crippen molar-refractivity contribution in [3.05, 3.63) is 54.0 Å². The first-order valence-electron chi connectivity index (χ1n) is 12.8. The fraction of sp³-hybridized carbons (Fsp3) is 0.407. The first-order valence-corrected chi connectivity index (χ1v) is 12.8. The molecule has 0 aliphatic carbocycles. The van der Waals surface area contributed by atoms with Gasteiger partial charge in [-0.15, -0.1) is 0 Å². The Morgan fingerprint density at radius 3 is 2.66 bits per heavy atom. The second-order valence-electron chi connectivity index (χ2n) is 9.42. The fourth-order valence-electron chi connectivity index (χ4n) is 4.72. The molecular formula is C27H34N8O3. The summed E-state index contributed by atoms with van der Waals surface area (Å²) in [5.41, 5.74) is 5.41. The highest BCUT2D eigenvalue weighted by molar-refractivity contribution is 6.02. The minimum absolute atomic E-state index is 0.299. The van der Waals surface area contributed by atoms with Crippen LogP contribution in [0.4, 0.5) is 23.0 Å². The molecule has 2 N–H and O–H groups in total. The van der Waals surface area contributed by atoms with Gasteiger partial charge in [-0.05, 0) is 45.5 Å². The highest BCUT2D eigenvalue weighted by Crippen LogP contribution is 2.38. The monoisotopic (exact) mass is 518 g/mol. The summed E-state index contributed by atoms with van der Waals surface area (Å²) in [6.45, 7) is 13.5. The van der Waals surface area contributed by atoms with Crippen LogP contribution in [0.15, 0.2) is 37.1 Å². The van der Waals surface area contributed by atoms with Crippen molar-refractivity contribution >= 4 is 28.9 Å². The lowest BCUT2D eigenvalue weighted by molar-refractivity contribution is -0.111. The third-order valence-electron chi connectivity index (χ3n) is 6.99. The van der Waals surface area contributed by atoms with Crippen LogP contribution >= 0.6 is 0 Å². The van der Waals surface area contributed by atoms with Crippen molar-refractivity contribution in [2.75, 3.05) is 62.0 Å². The van der Waals surface area contributed by atoms with Crippen molar-refractivity contribution in [3.63, 3.8) is 0 Å². The molecule has 2 aliphatic rings. The van der Waals surface area contributed by atoms with E-state index in [1.165, 1.54) is 18.1 Å². The summed E-state index contributed by atoms with van der Waals surface area (Å²) in [6.07, 6.45) is 4.20. The van der Waals surface area contributed by atoms with Crippen molar-refractivity contribution in [2.45, 2.75) is 26.8 Å². The second-order valence-corrected chi connectivity index (χ2v) is 9.42. The Labute approximate surface area is 222 Å². The average molecular weight is 519 g/mol. The molecule has 0 saturated carbocycles. The predicted molar refractivity (Wildman–Crippen MR) is 147 cm³/mol. The molecule has 1 aromatic carbocycles. The first-order chi connectivity index (χ1) is 18.5. The number of ether oxygens (including phenoxy) is 2. The Balaban J connectivity index is 1.45. The Morgan fingerprint density at radius 2 is 1.97 bits per heavy atom. The van der Waals surface area contributed by atoms with Crippen LogP contribution in [0, 0.1) is 13.8 Å². The normalized spacial score (nSPS) is 15.6. The van der Waals surface area contributed by atoms with Gasteiger partial charge in [0.05, 0.1) is 43.1 Å². The minimum Gasteiger partial charge on any atom is -0.494 e. The number of carbonyl (C=O) groups is 1. The summed E-state index contributed by atoms with van der Waals surface area (Å²) in [5, 5.41) is 11.0. The van der Waals surface area contributed by atoms with Crippen LogP contribution in [0.25, 0.3) is 5.82 Å². The van der Waals surface area contributed by atoms with Gasteiger partial charge in [0.2, 0.25) is 11.9 Å². The number of hydrogen-bond acceptors (Lipinski definition) is 9. The summed E-state index contributed by atoms with van der Waals surface area (Å²) in [6, 6.07) is 5.57. The lowest BCUT2D eigenvalue weighted by atomic mass is 10.1. The number of carbonyl (C=O) groups excluding carboxylic acids is 1. The number of nitrogens with zero attached hydrogens (tertiary/aromatic N) is 6. The smallest absolute Gasteiger partial charge is 0.247 e. The Hall–Kier alpha value is -3.96. The quantitative estimate of drug-likeness (QED) is 0.413. The van der Waals surface area contributed by atoms with E-state index in [4.69, 9.17) is 19.6 Å². The van der Waals surface area contributed by atoms with Crippen LogP contribution in [0.3, 0.4) is 0 Å². The van der Waals surface area contributed by atoms with Crippen LogP contribution in [-0.2, 0) is 16.1 Å². The standard InChI is InChI=1S/C27H34N8O3/c1-5-26(36)29-21-15-22(24(37-4)16-23(21)34-11-13-38-14-12-34)30-27-28-8-7-25(31-27)35-19(3)20(18(2)32-35)17-33-9-6-10-33/h5,7-8,15-16H,1,6,9-14,17H2,2-4H3,(H,29,36)(H,28,30,31). The van der Waals surface area contributed by atoms with E-state index in [2.05, 4.69) is 38.9 Å². The van der Waals surface area contributed by atoms with Crippen LogP contribution in [0.5, 0.6) is 5.75 Å². The average Bonchev–Trinajstić information content (AvgIpc) is 3.19. The number of anilines is 4. The van der Waals surface area contributed by atoms with Crippen molar-refractivity contribution in [1.29, 1.82) is 0 Å². The molecule has 1 amide bonds. The highest BCUT2D eigenvalue weighted by atomic mass is 16.5. The molecule has 2 aliphatic heterocycles. The molecule has 4 heterocycles. The van der Waals surface area contributed by atoms with Gasteiger partial charge in [0, 0.05) is 49.2 Å². The van der Waals surface area contributed by atoms with E-state index in [1.54, 1.807) is 13.3 Å². The Morgan fingerprint density at radius 1 is 1.18 bits per heavy atom. The summed E-state index contributed by atoms with van der Waals surface area (Å²) in [4.78, 5) is 26.0. The van der Waals surface area contributed by atoms with Gasteiger partial charge in [-0.1, -0.05) is 6.58 Å². The third kappa shape index (κ3) is 5.34. The summed E-state index contributed by atoms with van der Waals surface area (Å²) >= 11 is 0. The van der Waals surface area contributed by atoms with E-state index in [-0.39, 0.29) is 5.91 Å². The number of aromatic nitrogens is 4. The first kappa shape index (κ1) is 25.7. The SMILES string of the molecule is C=CC(=O)Nc1cc(Nc2nccc(-n3nc(C)c(CN4CCC4)c3C)n2)c(OC)cc1N1CCOCC1. The van der Waals surface area contributed by atoms with E-state index in [9.17, 15) is 4.79 Å². The number of rotatable bonds is 9. The molecule has 2 aromatic heterocycles. The Bertz CT molecular complexity index is 1330. The summed E-state index contributed by atoms with van der Waals surface area (Å²) < 4.78 is 13.1. The Kier molecular flexibility index (Phi) is 7.57. The topological polar surface area (TPSA) is 110 Å². The van der Waals surface area contributed by atoms with E-state index < -0.39 is 0 Å². The van der Waals surface area contributed by atoms with Gasteiger partial charge in [-0.2, -0.15) is 10.1 Å². The van der Waals surface area contributed by atoms with E-state index in [1.807, 2.05) is 29.8 Å². The summed E-state index contributed by atoms with van der Waals surface area (Å²) in [7, 11) is 1.61. The largest absolute Gasteiger partial charge is 0.494 e. The molecule has 3 aromatic rings.